The lowest BCUT2D eigenvalue weighted by Crippen LogP contribution is -2.18. The number of benzene rings is 1. The van der Waals surface area contributed by atoms with E-state index in [1.165, 1.54) is 6.07 Å². The molecule has 0 amide bonds. The molecule has 1 nitrogen and oxygen atoms in total. The second-order valence-corrected chi connectivity index (χ2v) is 4.46. The fourth-order valence-electron chi connectivity index (χ4n) is 2.04. The third-order valence-electron chi connectivity index (χ3n) is 2.73. The third kappa shape index (κ3) is 3.19. The van der Waals surface area contributed by atoms with Crippen LogP contribution in [0.2, 0.25) is 0 Å². The van der Waals surface area contributed by atoms with Gasteiger partial charge in [-0.1, -0.05) is 26.0 Å². The average Bonchev–Trinajstić information content (AvgIpc) is 2.61. The quantitative estimate of drug-likeness (QED) is 0.678. The minimum atomic E-state index is -0.172. The van der Waals surface area contributed by atoms with Crippen LogP contribution in [-0.4, -0.2) is 23.9 Å². The van der Waals surface area contributed by atoms with Crippen molar-refractivity contribution in [3.63, 3.8) is 0 Å². The number of rotatable bonds is 1. The normalized spacial score (nSPS) is 25.1. The molecule has 1 aromatic carbocycles. The molecule has 1 aromatic rings. The highest BCUT2D eigenvalue weighted by Crippen LogP contribution is 2.33. The van der Waals surface area contributed by atoms with Crippen molar-refractivity contribution in [2.24, 2.45) is 0 Å². The third-order valence-corrected chi connectivity index (χ3v) is 3.05. The van der Waals surface area contributed by atoms with E-state index in [2.05, 4.69) is 4.90 Å². The van der Waals surface area contributed by atoms with Gasteiger partial charge in [-0.25, -0.2) is 4.39 Å². The molecule has 1 heterocycles. The monoisotopic (exact) mass is 243 g/mol. The van der Waals surface area contributed by atoms with E-state index < -0.39 is 0 Å². The summed E-state index contributed by atoms with van der Waals surface area (Å²) in [5.41, 5.74) is 1.02. The Morgan fingerprint density at radius 3 is 2.56 bits per heavy atom. The molecule has 1 fully saturated rings. The number of hydrogen-bond donors (Lipinski definition) is 0. The van der Waals surface area contributed by atoms with Gasteiger partial charge in [0.05, 0.1) is 0 Å². The van der Waals surface area contributed by atoms with Gasteiger partial charge in [-0.15, -0.1) is 11.6 Å². The SMILES string of the molecule is CC.CN1CC(Cl)CC1c1cccc(F)c1. The first-order chi connectivity index (χ1) is 7.66. The number of nitrogens with zero attached hydrogens (tertiary/aromatic N) is 1. The first-order valence-corrected chi connectivity index (χ1v) is 6.20. The molecule has 2 unspecified atom stereocenters. The highest BCUT2D eigenvalue weighted by Gasteiger charge is 2.29. The molecule has 90 valence electrons. The fourth-order valence-corrected chi connectivity index (χ4v) is 2.43. The van der Waals surface area contributed by atoms with Gasteiger partial charge >= 0.3 is 0 Å². The van der Waals surface area contributed by atoms with Crippen LogP contribution in [0.15, 0.2) is 24.3 Å². The molecule has 0 bridgehead atoms. The van der Waals surface area contributed by atoms with E-state index in [1.807, 2.05) is 27.0 Å². The first-order valence-electron chi connectivity index (χ1n) is 5.76. The number of hydrogen-bond acceptors (Lipinski definition) is 1. The maximum absolute atomic E-state index is 13.0. The van der Waals surface area contributed by atoms with E-state index in [-0.39, 0.29) is 17.2 Å². The van der Waals surface area contributed by atoms with Crippen LogP contribution in [-0.2, 0) is 0 Å². The molecule has 0 saturated carbocycles. The minimum absolute atomic E-state index is 0.172. The second kappa shape index (κ2) is 6.21. The molecule has 0 aliphatic carbocycles. The molecular weight excluding hydrogens is 225 g/mol. The summed E-state index contributed by atoms with van der Waals surface area (Å²) >= 11 is 6.06. The summed E-state index contributed by atoms with van der Waals surface area (Å²) in [5.74, 6) is -0.172. The van der Waals surface area contributed by atoms with E-state index in [0.717, 1.165) is 18.5 Å². The van der Waals surface area contributed by atoms with Crippen molar-refractivity contribution in [1.82, 2.24) is 4.90 Å². The molecule has 1 aliphatic heterocycles. The molecule has 2 rings (SSSR count). The Balaban J connectivity index is 0.000000606. The molecular formula is C13H19ClFN. The molecule has 16 heavy (non-hydrogen) atoms. The number of likely N-dealkylation sites (tertiary alicyclic amines) is 1. The van der Waals surface area contributed by atoms with Crippen molar-refractivity contribution in [2.75, 3.05) is 13.6 Å². The van der Waals surface area contributed by atoms with E-state index in [1.54, 1.807) is 12.1 Å². The van der Waals surface area contributed by atoms with E-state index >= 15 is 0 Å². The molecule has 3 heteroatoms. The minimum Gasteiger partial charge on any atom is -0.298 e. The molecule has 1 saturated heterocycles. The van der Waals surface area contributed by atoms with Gasteiger partial charge in [-0.3, -0.25) is 4.90 Å². The van der Waals surface area contributed by atoms with Gasteiger partial charge in [0.2, 0.25) is 0 Å². The van der Waals surface area contributed by atoms with Crippen LogP contribution in [0.4, 0.5) is 4.39 Å². The van der Waals surface area contributed by atoms with Crippen LogP contribution in [0.5, 0.6) is 0 Å². The van der Waals surface area contributed by atoms with Crippen molar-refractivity contribution in [1.29, 1.82) is 0 Å². The lowest BCUT2D eigenvalue weighted by atomic mass is 10.0. The van der Waals surface area contributed by atoms with Crippen molar-refractivity contribution < 1.29 is 4.39 Å². The van der Waals surface area contributed by atoms with E-state index in [0.29, 0.717) is 0 Å². The van der Waals surface area contributed by atoms with Gasteiger partial charge in [0.15, 0.2) is 0 Å². The highest BCUT2D eigenvalue weighted by molar-refractivity contribution is 6.21. The smallest absolute Gasteiger partial charge is 0.123 e. The van der Waals surface area contributed by atoms with Crippen molar-refractivity contribution in [2.45, 2.75) is 31.7 Å². The van der Waals surface area contributed by atoms with Crippen LogP contribution in [0.3, 0.4) is 0 Å². The average molecular weight is 244 g/mol. The standard InChI is InChI=1S/C11H13ClFN.C2H6/c1-14-7-9(12)6-11(14)8-3-2-4-10(13)5-8;1-2/h2-5,9,11H,6-7H2,1H3;1-2H3. The lowest BCUT2D eigenvalue weighted by Gasteiger charge is -2.19. The Morgan fingerprint density at radius 1 is 1.38 bits per heavy atom. The topological polar surface area (TPSA) is 3.24 Å². The van der Waals surface area contributed by atoms with E-state index in [9.17, 15) is 4.39 Å². The largest absolute Gasteiger partial charge is 0.298 e. The Kier molecular flexibility index (Phi) is 5.23. The summed E-state index contributed by atoms with van der Waals surface area (Å²) in [7, 11) is 2.03. The summed E-state index contributed by atoms with van der Waals surface area (Å²) < 4.78 is 13.0. The summed E-state index contributed by atoms with van der Waals surface area (Å²) in [4.78, 5) is 2.17. The summed E-state index contributed by atoms with van der Waals surface area (Å²) in [6.07, 6.45) is 0.904. The maximum atomic E-state index is 13.0. The van der Waals surface area contributed by atoms with Gasteiger partial charge in [0, 0.05) is 18.0 Å². The number of alkyl halides is 1. The van der Waals surface area contributed by atoms with Gasteiger partial charge in [0.25, 0.3) is 0 Å². The molecule has 0 spiro atoms. The van der Waals surface area contributed by atoms with Crippen molar-refractivity contribution in [3.8, 4) is 0 Å². The fraction of sp³-hybridized carbons (Fsp3) is 0.538. The molecule has 0 aromatic heterocycles. The van der Waals surface area contributed by atoms with Crippen LogP contribution >= 0.6 is 11.6 Å². The van der Waals surface area contributed by atoms with Gasteiger partial charge in [-0.2, -0.15) is 0 Å². The van der Waals surface area contributed by atoms with Crippen LogP contribution < -0.4 is 0 Å². The highest BCUT2D eigenvalue weighted by atomic mass is 35.5. The first kappa shape index (κ1) is 13.5. The zero-order valence-corrected chi connectivity index (χ0v) is 10.8. The lowest BCUT2D eigenvalue weighted by molar-refractivity contribution is 0.317. The van der Waals surface area contributed by atoms with E-state index in [4.69, 9.17) is 11.6 Å². The Labute approximate surface area is 102 Å². The zero-order valence-electron chi connectivity index (χ0n) is 10.1. The van der Waals surface area contributed by atoms with Gasteiger partial charge in [-0.05, 0) is 31.2 Å². The van der Waals surface area contributed by atoms with Gasteiger partial charge < -0.3 is 0 Å². The number of halogens is 2. The summed E-state index contributed by atoms with van der Waals surface area (Å²) in [5, 5.41) is 0.188. The Hall–Kier alpha value is -0.600. The Bertz CT molecular complexity index is 329. The Morgan fingerprint density at radius 2 is 2.06 bits per heavy atom. The molecule has 1 aliphatic rings. The van der Waals surface area contributed by atoms with Crippen molar-refractivity contribution in [3.05, 3.63) is 35.6 Å². The van der Waals surface area contributed by atoms with Crippen LogP contribution in [0.25, 0.3) is 0 Å². The van der Waals surface area contributed by atoms with Crippen LogP contribution in [0, 0.1) is 5.82 Å². The predicted molar refractivity (Wildman–Crippen MR) is 67.4 cm³/mol. The summed E-state index contributed by atoms with van der Waals surface area (Å²) in [6.45, 7) is 4.88. The summed E-state index contributed by atoms with van der Waals surface area (Å²) in [6, 6.07) is 7.04. The van der Waals surface area contributed by atoms with Gasteiger partial charge in [0.1, 0.15) is 5.82 Å². The van der Waals surface area contributed by atoms with Crippen molar-refractivity contribution >= 4 is 11.6 Å². The van der Waals surface area contributed by atoms with Crippen LogP contribution in [0.1, 0.15) is 31.9 Å². The maximum Gasteiger partial charge on any atom is 0.123 e. The zero-order chi connectivity index (χ0) is 12.1. The molecule has 0 N–H and O–H groups in total. The molecule has 0 radical (unpaired) electrons. The second-order valence-electron chi connectivity index (χ2n) is 3.84. The predicted octanol–water partition coefficient (Wildman–Crippen LogP) is 3.84. The molecule has 2 atom stereocenters.